The van der Waals surface area contributed by atoms with Crippen LogP contribution in [-0.4, -0.2) is 44.4 Å². The number of methoxy groups -OCH3 is 1. The van der Waals surface area contributed by atoms with Gasteiger partial charge in [0.2, 0.25) is 5.75 Å². The Labute approximate surface area is 135 Å². The molecule has 1 aromatic carbocycles. The Morgan fingerprint density at radius 3 is 2.70 bits per heavy atom. The molecular formula is C17H22N2O4. The van der Waals surface area contributed by atoms with E-state index in [0.29, 0.717) is 48.1 Å². The van der Waals surface area contributed by atoms with Crippen LogP contribution in [0.3, 0.4) is 0 Å². The summed E-state index contributed by atoms with van der Waals surface area (Å²) in [7, 11) is 1.57. The predicted octanol–water partition coefficient (Wildman–Crippen LogP) is 1.48. The highest BCUT2D eigenvalue weighted by Crippen LogP contribution is 2.40. The minimum Gasteiger partial charge on any atom is -0.493 e. The van der Waals surface area contributed by atoms with Crippen LogP contribution in [0, 0.1) is 0 Å². The Balaban J connectivity index is 1.51. The number of nitrogens with one attached hydrogen (secondary N) is 2. The summed E-state index contributed by atoms with van der Waals surface area (Å²) >= 11 is 0. The summed E-state index contributed by atoms with van der Waals surface area (Å²) in [5, 5.41) is 6.75. The standard InChI is InChI=1S/C17H22N2O4/c1-21-14-6-10(7-15-16(14)23-5-4-22-15)17(20)19-13-8-11-2-3-12(9-13)18-11/h6-7,11-13,18H,2-5,8-9H2,1H3,(H,19,20). The summed E-state index contributed by atoms with van der Waals surface area (Å²) in [4.78, 5) is 12.6. The SMILES string of the molecule is COc1cc(C(=O)NC2CC3CCC(C2)N3)cc2c1OCCO2. The van der Waals surface area contributed by atoms with Crippen molar-refractivity contribution in [2.45, 2.75) is 43.8 Å². The summed E-state index contributed by atoms with van der Waals surface area (Å²) in [6.07, 6.45) is 4.44. The third-order valence-corrected chi connectivity index (χ3v) is 4.90. The van der Waals surface area contributed by atoms with Crippen LogP contribution in [0.2, 0.25) is 0 Å². The molecule has 2 saturated heterocycles. The molecule has 4 rings (SSSR count). The van der Waals surface area contributed by atoms with E-state index in [1.165, 1.54) is 12.8 Å². The third kappa shape index (κ3) is 2.83. The Bertz CT molecular complexity index is 590. The first-order chi connectivity index (χ1) is 11.2. The molecule has 2 unspecified atom stereocenters. The fraction of sp³-hybridized carbons (Fsp3) is 0.588. The Kier molecular flexibility index (Phi) is 3.77. The van der Waals surface area contributed by atoms with Gasteiger partial charge in [-0.2, -0.15) is 0 Å². The van der Waals surface area contributed by atoms with E-state index >= 15 is 0 Å². The molecule has 2 bridgehead atoms. The van der Waals surface area contributed by atoms with Gasteiger partial charge in [-0.3, -0.25) is 4.79 Å². The minimum absolute atomic E-state index is 0.0772. The number of benzene rings is 1. The molecule has 124 valence electrons. The van der Waals surface area contributed by atoms with E-state index in [1.54, 1.807) is 19.2 Å². The molecule has 6 heteroatoms. The second-order valence-corrected chi connectivity index (χ2v) is 6.48. The average Bonchev–Trinajstić information content (AvgIpc) is 2.92. The monoisotopic (exact) mass is 318 g/mol. The van der Waals surface area contributed by atoms with E-state index in [1.807, 2.05) is 0 Å². The van der Waals surface area contributed by atoms with E-state index in [9.17, 15) is 4.79 Å². The summed E-state index contributed by atoms with van der Waals surface area (Å²) in [5.41, 5.74) is 0.553. The van der Waals surface area contributed by atoms with Gasteiger partial charge in [-0.05, 0) is 37.8 Å². The lowest BCUT2D eigenvalue weighted by Crippen LogP contribution is -2.48. The van der Waals surface area contributed by atoms with E-state index in [2.05, 4.69) is 10.6 Å². The van der Waals surface area contributed by atoms with Crippen molar-refractivity contribution < 1.29 is 19.0 Å². The topological polar surface area (TPSA) is 68.8 Å². The zero-order valence-corrected chi connectivity index (χ0v) is 13.3. The first kappa shape index (κ1) is 14.6. The average molecular weight is 318 g/mol. The van der Waals surface area contributed by atoms with Crippen LogP contribution in [0.5, 0.6) is 17.2 Å². The second kappa shape index (κ2) is 5.92. The lowest BCUT2D eigenvalue weighted by molar-refractivity contribution is 0.0922. The van der Waals surface area contributed by atoms with E-state index < -0.39 is 0 Å². The number of amides is 1. The van der Waals surface area contributed by atoms with Crippen LogP contribution in [0.15, 0.2) is 12.1 Å². The molecule has 23 heavy (non-hydrogen) atoms. The first-order valence-electron chi connectivity index (χ1n) is 8.27. The molecule has 2 atom stereocenters. The quantitative estimate of drug-likeness (QED) is 0.883. The van der Waals surface area contributed by atoms with Crippen molar-refractivity contribution in [3.05, 3.63) is 17.7 Å². The molecule has 0 radical (unpaired) electrons. The van der Waals surface area contributed by atoms with Gasteiger partial charge in [0.15, 0.2) is 11.5 Å². The fourth-order valence-electron chi connectivity index (χ4n) is 3.85. The van der Waals surface area contributed by atoms with Crippen molar-refractivity contribution in [2.75, 3.05) is 20.3 Å². The van der Waals surface area contributed by atoms with Gasteiger partial charge in [0, 0.05) is 23.7 Å². The lowest BCUT2D eigenvalue weighted by Gasteiger charge is -2.30. The maximum Gasteiger partial charge on any atom is 0.251 e. The molecule has 0 aromatic heterocycles. The number of ether oxygens (including phenoxy) is 3. The van der Waals surface area contributed by atoms with Crippen molar-refractivity contribution in [1.29, 1.82) is 0 Å². The lowest BCUT2D eigenvalue weighted by atomic mass is 9.99. The molecule has 1 amide bonds. The maximum absolute atomic E-state index is 12.6. The van der Waals surface area contributed by atoms with E-state index in [4.69, 9.17) is 14.2 Å². The van der Waals surface area contributed by atoms with Gasteiger partial charge < -0.3 is 24.8 Å². The van der Waals surface area contributed by atoms with Gasteiger partial charge in [0.1, 0.15) is 13.2 Å². The van der Waals surface area contributed by atoms with Crippen LogP contribution in [0.4, 0.5) is 0 Å². The van der Waals surface area contributed by atoms with Gasteiger partial charge in [-0.15, -0.1) is 0 Å². The van der Waals surface area contributed by atoms with Crippen LogP contribution >= 0.6 is 0 Å². The summed E-state index contributed by atoms with van der Waals surface area (Å²) in [5.74, 6) is 1.62. The van der Waals surface area contributed by atoms with Crippen molar-refractivity contribution >= 4 is 5.91 Å². The van der Waals surface area contributed by atoms with Gasteiger partial charge in [-0.25, -0.2) is 0 Å². The summed E-state index contributed by atoms with van der Waals surface area (Å²) in [6.45, 7) is 0.978. The highest BCUT2D eigenvalue weighted by Gasteiger charge is 2.34. The Morgan fingerprint density at radius 2 is 1.96 bits per heavy atom. The van der Waals surface area contributed by atoms with Gasteiger partial charge in [0.05, 0.1) is 7.11 Å². The molecule has 0 saturated carbocycles. The van der Waals surface area contributed by atoms with Crippen molar-refractivity contribution in [1.82, 2.24) is 10.6 Å². The molecule has 6 nitrogen and oxygen atoms in total. The molecule has 1 aromatic rings. The fourth-order valence-corrected chi connectivity index (χ4v) is 3.85. The van der Waals surface area contributed by atoms with Crippen molar-refractivity contribution in [3.63, 3.8) is 0 Å². The smallest absolute Gasteiger partial charge is 0.251 e. The van der Waals surface area contributed by atoms with Crippen molar-refractivity contribution in [3.8, 4) is 17.2 Å². The highest BCUT2D eigenvalue weighted by molar-refractivity contribution is 5.95. The Hall–Kier alpha value is -1.95. The number of carbonyl (C=O) groups is 1. The molecule has 3 heterocycles. The number of hydrogen-bond acceptors (Lipinski definition) is 5. The first-order valence-corrected chi connectivity index (χ1v) is 8.27. The molecule has 0 aliphatic carbocycles. The van der Waals surface area contributed by atoms with E-state index in [0.717, 1.165) is 12.8 Å². The maximum atomic E-state index is 12.6. The molecule has 0 spiro atoms. The van der Waals surface area contributed by atoms with Crippen LogP contribution < -0.4 is 24.8 Å². The molecular weight excluding hydrogens is 296 g/mol. The third-order valence-electron chi connectivity index (χ3n) is 4.90. The summed E-state index contributed by atoms with van der Waals surface area (Å²) < 4.78 is 16.5. The molecule has 3 aliphatic rings. The molecule has 3 aliphatic heterocycles. The normalized spacial score (nSPS) is 28.3. The van der Waals surface area contributed by atoms with Crippen LogP contribution in [0.25, 0.3) is 0 Å². The number of fused-ring (bicyclic) bond motifs is 3. The Morgan fingerprint density at radius 1 is 1.22 bits per heavy atom. The largest absolute Gasteiger partial charge is 0.493 e. The zero-order valence-electron chi connectivity index (χ0n) is 13.3. The molecule has 2 N–H and O–H groups in total. The van der Waals surface area contributed by atoms with E-state index in [-0.39, 0.29) is 11.9 Å². The van der Waals surface area contributed by atoms with Gasteiger partial charge in [0.25, 0.3) is 5.91 Å². The zero-order chi connectivity index (χ0) is 15.8. The predicted molar refractivity (Wildman–Crippen MR) is 84.4 cm³/mol. The van der Waals surface area contributed by atoms with Crippen LogP contribution in [-0.2, 0) is 0 Å². The second-order valence-electron chi connectivity index (χ2n) is 6.48. The number of hydrogen-bond donors (Lipinski definition) is 2. The highest BCUT2D eigenvalue weighted by atomic mass is 16.6. The van der Waals surface area contributed by atoms with Crippen LogP contribution in [0.1, 0.15) is 36.0 Å². The number of piperidine rings is 1. The van der Waals surface area contributed by atoms with Gasteiger partial charge in [-0.1, -0.05) is 0 Å². The van der Waals surface area contributed by atoms with Crippen molar-refractivity contribution in [2.24, 2.45) is 0 Å². The number of carbonyl (C=O) groups excluding carboxylic acids is 1. The van der Waals surface area contributed by atoms with Gasteiger partial charge >= 0.3 is 0 Å². The number of rotatable bonds is 3. The molecule has 2 fully saturated rings. The summed E-state index contributed by atoms with van der Waals surface area (Å²) in [6, 6.07) is 4.80. The minimum atomic E-state index is -0.0772.